The van der Waals surface area contributed by atoms with Gasteiger partial charge in [0, 0.05) is 18.7 Å². The standard InChI is InChI=1S/C17H28FN3O.HI/c1-4-19-17(20-11-7-8-13(2)3)21-12-16(22)14-9-5-6-10-15(14)18;/h5-6,9-10,13,16,22H,4,7-8,11-12H2,1-3H3,(H2,19,20,21);1H. The highest BCUT2D eigenvalue weighted by Crippen LogP contribution is 2.16. The van der Waals surface area contributed by atoms with Gasteiger partial charge in [-0.25, -0.2) is 4.39 Å². The number of rotatable bonds is 8. The van der Waals surface area contributed by atoms with E-state index in [1.165, 1.54) is 6.07 Å². The number of aliphatic imine (C=N–C) groups is 1. The maximum atomic E-state index is 13.6. The van der Waals surface area contributed by atoms with Crippen molar-refractivity contribution in [2.75, 3.05) is 19.6 Å². The van der Waals surface area contributed by atoms with Gasteiger partial charge in [-0.1, -0.05) is 32.0 Å². The largest absolute Gasteiger partial charge is 0.386 e. The summed E-state index contributed by atoms with van der Waals surface area (Å²) in [5.74, 6) is 0.936. The SMILES string of the molecule is CCNC(=NCC(O)c1ccccc1F)NCCCC(C)C.I. The van der Waals surface area contributed by atoms with Gasteiger partial charge in [-0.15, -0.1) is 24.0 Å². The van der Waals surface area contributed by atoms with Gasteiger partial charge in [0.05, 0.1) is 6.54 Å². The Kier molecular flexibility index (Phi) is 12.0. The summed E-state index contributed by atoms with van der Waals surface area (Å²) in [5, 5.41) is 16.4. The van der Waals surface area contributed by atoms with Crippen LogP contribution in [0, 0.1) is 11.7 Å². The van der Waals surface area contributed by atoms with E-state index in [0.717, 1.165) is 25.9 Å². The zero-order valence-corrected chi connectivity index (χ0v) is 16.5. The van der Waals surface area contributed by atoms with Crippen LogP contribution in [0.5, 0.6) is 0 Å². The zero-order chi connectivity index (χ0) is 16.4. The second-order valence-corrected chi connectivity index (χ2v) is 5.72. The van der Waals surface area contributed by atoms with E-state index in [9.17, 15) is 9.50 Å². The number of hydrogen-bond donors (Lipinski definition) is 3. The number of aliphatic hydroxyl groups excluding tert-OH is 1. The molecule has 0 heterocycles. The number of benzene rings is 1. The number of aliphatic hydroxyl groups is 1. The molecule has 0 bridgehead atoms. The Labute approximate surface area is 156 Å². The molecule has 23 heavy (non-hydrogen) atoms. The van der Waals surface area contributed by atoms with Gasteiger partial charge in [0.2, 0.25) is 0 Å². The molecule has 0 aliphatic rings. The molecule has 1 rings (SSSR count). The minimum absolute atomic E-state index is 0. The van der Waals surface area contributed by atoms with Crippen molar-refractivity contribution in [2.24, 2.45) is 10.9 Å². The summed E-state index contributed by atoms with van der Waals surface area (Å²) in [6.45, 7) is 8.08. The maximum Gasteiger partial charge on any atom is 0.191 e. The third kappa shape index (κ3) is 9.10. The molecule has 0 aromatic heterocycles. The van der Waals surface area contributed by atoms with E-state index in [-0.39, 0.29) is 36.1 Å². The van der Waals surface area contributed by atoms with Crippen LogP contribution in [0.15, 0.2) is 29.3 Å². The Balaban J connectivity index is 0.00000484. The zero-order valence-electron chi connectivity index (χ0n) is 14.2. The molecule has 1 aromatic rings. The smallest absolute Gasteiger partial charge is 0.191 e. The number of nitrogens with one attached hydrogen (secondary N) is 2. The summed E-state index contributed by atoms with van der Waals surface area (Å²) in [7, 11) is 0. The monoisotopic (exact) mass is 437 g/mol. The Hall–Kier alpha value is -0.890. The predicted octanol–water partition coefficient (Wildman–Crippen LogP) is 3.47. The van der Waals surface area contributed by atoms with E-state index in [1.807, 2.05) is 6.92 Å². The molecule has 0 saturated heterocycles. The fourth-order valence-electron chi connectivity index (χ4n) is 2.08. The Morgan fingerprint density at radius 3 is 2.57 bits per heavy atom. The number of guanidine groups is 1. The van der Waals surface area contributed by atoms with Crippen molar-refractivity contribution in [1.82, 2.24) is 10.6 Å². The highest BCUT2D eigenvalue weighted by Gasteiger charge is 2.11. The molecule has 3 N–H and O–H groups in total. The van der Waals surface area contributed by atoms with E-state index in [4.69, 9.17) is 0 Å². The van der Waals surface area contributed by atoms with Crippen LogP contribution < -0.4 is 10.6 Å². The number of hydrogen-bond acceptors (Lipinski definition) is 2. The summed E-state index contributed by atoms with van der Waals surface area (Å²) >= 11 is 0. The van der Waals surface area contributed by atoms with E-state index >= 15 is 0 Å². The molecule has 132 valence electrons. The molecule has 1 unspecified atom stereocenters. The second kappa shape index (κ2) is 12.5. The Bertz CT molecular complexity index is 469. The lowest BCUT2D eigenvalue weighted by Gasteiger charge is -2.14. The molecule has 6 heteroatoms. The lowest BCUT2D eigenvalue weighted by atomic mass is 10.1. The van der Waals surface area contributed by atoms with Gasteiger partial charge in [-0.2, -0.15) is 0 Å². The lowest BCUT2D eigenvalue weighted by Crippen LogP contribution is -2.38. The van der Waals surface area contributed by atoms with Crippen molar-refractivity contribution in [3.63, 3.8) is 0 Å². The van der Waals surface area contributed by atoms with Crippen molar-refractivity contribution >= 4 is 29.9 Å². The average Bonchev–Trinajstić information content (AvgIpc) is 2.49. The van der Waals surface area contributed by atoms with Gasteiger partial charge in [-0.3, -0.25) is 4.99 Å². The van der Waals surface area contributed by atoms with Crippen molar-refractivity contribution in [3.05, 3.63) is 35.6 Å². The molecule has 0 aliphatic heterocycles. The molecule has 0 amide bonds. The maximum absolute atomic E-state index is 13.6. The molecular weight excluding hydrogens is 408 g/mol. The molecule has 0 aliphatic carbocycles. The fourth-order valence-corrected chi connectivity index (χ4v) is 2.08. The van der Waals surface area contributed by atoms with Crippen LogP contribution in [0.2, 0.25) is 0 Å². The third-order valence-corrected chi connectivity index (χ3v) is 3.28. The van der Waals surface area contributed by atoms with Crippen molar-refractivity contribution < 1.29 is 9.50 Å². The van der Waals surface area contributed by atoms with E-state index in [0.29, 0.717) is 11.9 Å². The van der Waals surface area contributed by atoms with Gasteiger partial charge in [-0.05, 0) is 31.7 Å². The van der Waals surface area contributed by atoms with Crippen LogP contribution in [0.4, 0.5) is 4.39 Å². The second-order valence-electron chi connectivity index (χ2n) is 5.72. The Morgan fingerprint density at radius 2 is 1.96 bits per heavy atom. The van der Waals surface area contributed by atoms with Crippen molar-refractivity contribution in [1.29, 1.82) is 0 Å². The van der Waals surface area contributed by atoms with E-state index in [2.05, 4.69) is 29.5 Å². The summed E-state index contributed by atoms with van der Waals surface area (Å²) in [6.07, 6.45) is 1.29. The van der Waals surface area contributed by atoms with Gasteiger partial charge >= 0.3 is 0 Å². The first-order valence-electron chi connectivity index (χ1n) is 7.99. The summed E-state index contributed by atoms with van der Waals surface area (Å²) < 4.78 is 13.6. The molecular formula is C17H29FIN3O. The van der Waals surface area contributed by atoms with E-state index < -0.39 is 11.9 Å². The molecule has 0 saturated carbocycles. The molecule has 4 nitrogen and oxygen atoms in total. The topological polar surface area (TPSA) is 56.7 Å². The molecule has 1 atom stereocenters. The highest BCUT2D eigenvalue weighted by atomic mass is 127. The Morgan fingerprint density at radius 1 is 1.26 bits per heavy atom. The predicted molar refractivity (Wildman–Crippen MR) is 105 cm³/mol. The molecule has 0 fully saturated rings. The van der Waals surface area contributed by atoms with Gasteiger partial charge in [0.25, 0.3) is 0 Å². The van der Waals surface area contributed by atoms with E-state index in [1.54, 1.807) is 18.2 Å². The van der Waals surface area contributed by atoms with Gasteiger partial charge in [0.15, 0.2) is 5.96 Å². The van der Waals surface area contributed by atoms with Crippen molar-refractivity contribution in [3.8, 4) is 0 Å². The van der Waals surface area contributed by atoms with Crippen molar-refractivity contribution in [2.45, 2.75) is 39.7 Å². The minimum Gasteiger partial charge on any atom is -0.386 e. The quantitative estimate of drug-likeness (QED) is 0.253. The van der Waals surface area contributed by atoms with Crippen LogP contribution in [0.1, 0.15) is 45.3 Å². The van der Waals surface area contributed by atoms with Crippen LogP contribution in [0.3, 0.4) is 0 Å². The van der Waals surface area contributed by atoms with Crippen LogP contribution in [0.25, 0.3) is 0 Å². The molecule has 0 radical (unpaired) electrons. The first-order chi connectivity index (χ1) is 10.5. The van der Waals surface area contributed by atoms with Crippen LogP contribution in [-0.2, 0) is 0 Å². The number of halogens is 2. The normalized spacial score (nSPS) is 12.7. The third-order valence-electron chi connectivity index (χ3n) is 3.28. The summed E-state index contributed by atoms with van der Waals surface area (Å²) in [5.41, 5.74) is 0.280. The van der Waals surface area contributed by atoms with Gasteiger partial charge in [0.1, 0.15) is 11.9 Å². The lowest BCUT2D eigenvalue weighted by molar-refractivity contribution is 0.182. The minimum atomic E-state index is -0.938. The summed E-state index contributed by atoms with van der Waals surface area (Å²) in [6, 6.07) is 6.24. The van der Waals surface area contributed by atoms with Crippen LogP contribution in [-0.4, -0.2) is 30.7 Å². The average molecular weight is 437 g/mol. The first kappa shape index (κ1) is 22.1. The summed E-state index contributed by atoms with van der Waals surface area (Å²) in [4.78, 5) is 4.33. The first-order valence-corrected chi connectivity index (χ1v) is 7.99. The molecule has 1 aromatic carbocycles. The fraction of sp³-hybridized carbons (Fsp3) is 0.588. The van der Waals surface area contributed by atoms with Crippen LogP contribution >= 0.6 is 24.0 Å². The highest BCUT2D eigenvalue weighted by molar-refractivity contribution is 14.0. The molecule has 0 spiro atoms. The van der Waals surface area contributed by atoms with Gasteiger partial charge < -0.3 is 15.7 Å². The number of nitrogens with zero attached hydrogens (tertiary/aromatic N) is 1.